The van der Waals surface area contributed by atoms with Gasteiger partial charge in [0.15, 0.2) is 5.76 Å². The second-order valence-electron chi connectivity index (χ2n) is 7.01. The first kappa shape index (κ1) is 16.6. The molecule has 2 fully saturated rings. The maximum atomic E-state index is 12.1. The first-order valence-corrected chi connectivity index (χ1v) is 9.28. The van der Waals surface area contributed by atoms with Crippen molar-refractivity contribution in [2.24, 2.45) is 5.92 Å². The molecule has 0 unspecified atom stereocenters. The summed E-state index contributed by atoms with van der Waals surface area (Å²) in [5.41, 5.74) is 1.51. The molecule has 1 aliphatic carbocycles. The van der Waals surface area contributed by atoms with Gasteiger partial charge in [-0.05, 0) is 31.2 Å². The van der Waals surface area contributed by atoms with Gasteiger partial charge in [0.2, 0.25) is 5.91 Å². The number of amides is 1. The van der Waals surface area contributed by atoms with Gasteiger partial charge < -0.3 is 9.84 Å². The Morgan fingerprint density at radius 1 is 1.36 bits per heavy atom. The Balaban J connectivity index is 1.26. The molecule has 25 heavy (non-hydrogen) atoms. The Bertz CT molecular complexity index is 761. The van der Waals surface area contributed by atoms with Gasteiger partial charge >= 0.3 is 0 Å². The Labute approximate surface area is 152 Å². The van der Waals surface area contributed by atoms with Crippen LogP contribution in [0.4, 0.5) is 0 Å². The molecule has 1 amide bonds. The third-order valence-corrected chi connectivity index (χ3v) is 5.65. The molecule has 1 aromatic carbocycles. The summed E-state index contributed by atoms with van der Waals surface area (Å²) < 4.78 is 5.31. The molecule has 6 heteroatoms. The third-order valence-electron chi connectivity index (χ3n) is 5.32. The number of nitrogens with one attached hydrogen (secondary N) is 1. The fourth-order valence-corrected chi connectivity index (χ4v) is 4.24. The highest BCUT2D eigenvalue weighted by Crippen LogP contribution is 2.37. The van der Waals surface area contributed by atoms with Crippen LogP contribution in [-0.4, -0.2) is 35.1 Å². The summed E-state index contributed by atoms with van der Waals surface area (Å²) in [7, 11) is 0. The zero-order chi connectivity index (χ0) is 17.2. The zero-order valence-corrected chi connectivity index (χ0v) is 14.8. The van der Waals surface area contributed by atoms with Gasteiger partial charge in [-0.1, -0.05) is 35.0 Å². The molecule has 132 valence electrons. The Hall–Kier alpha value is -1.85. The number of carbonyl (C=O) groups excluding carboxylic acids is 1. The molecule has 2 aliphatic rings. The predicted octanol–water partition coefficient (Wildman–Crippen LogP) is 3.49. The van der Waals surface area contributed by atoms with E-state index < -0.39 is 0 Å². The van der Waals surface area contributed by atoms with Crippen LogP contribution in [0.1, 0.15) is 31.4 Å². The van der Waals surface area contributed by atoms with Gasteiger partial charge in [0.05, 0.1) is 11.6 Å². The molecule has 2 aromatic rings. The highest BCUT2D eigenvalue weighted by Gasteiger charge is 2.37. The molecule has 1 saturated heterocycles. The minimum absolute atomic E-state index is 0.0541. The number of halogens is 1. The van der Waals surface area contributed by atoms with E-state index in [0.717, 1.165) is 18.0 Å². The van der Waals surface area contributed by atoms with Gasteiger partial charge in [-0.25, -0.2) is 0 Å². The summed E-state index contributed by atoms with van der Waals surface area (Å²) in [4.78, 5) is 14.6. The van der Waals surface area contributed by atoms with Crippen LogP contribution in [0.5, 0.6) is 0 Å². The van der Waals surface area contributed by atoms with Gasteiger partial charge in [-0.3, -0.25) is 9.69 Å². The number of rotatable bonds is 6. The van der Waals surface area contributed by atoms with E-state index in [1.165, 1.54) is 25.8 Å². The van der Waals surface area contributed by atoms with Crippen molar-refractivity contribution < 1.29 is 9.32 Å². The first-order valence-electron chi connectivity index (χ1n) is 8.90. The summed E-state index contributed by atoms with van der Waals surface area (Å²) in [5.74, 6) is 1.55. The molecule has 0 radical (unpaired) electrons. The molecule has 4 rings (SSSR count). The van der Waals surface area contributed by atoms with Gasteiger partial charge in [-0.2, -0.15) is 0 Å². The summed E-state index contributed by atoms with van der Waals surface area (Å²) in [6.45, 7) is 2.37. The lowest BCUT2D eigenvalue weighted by atomic mass is 10.1. The van der Waals surface area contributed by atoms with E-state index in [-0.39, 0.29) is 5.91 Å². The van der Waals surface area contributed by atoms with Crippen LogP contribution < -0.4 is 5.32 Å². The number of carbonyl (C=O) groups is 1. The molecule has 1 aromatic heterocycles. The Morgan fingerprint density at radius 3 is 3.00 bits per heavy atom. The molecular formula is C19H22ClN3O2. The van der Waals surface area contributed by atoms with Crippen LogP contribution in [-0.2, 0) is 11.3 Å². The SMILES string of the molecule is O=C(CCN1C[C@H]2CC[C@@H]1C2)NCc1cc(-c2ccccc2Cl)no1. The highest BCUT2D eigenvalue weighted by molar-refractivity contribution is 6.33. The predicted molar refractivity (Wildman–Crippen MR) is 96.1 cm³/mol. The number of hydrogen-bond donors (Lipinski definition) is 1. The standard InChI is InChI=1S/C19H22ClN3O2/c20-17-4-2-1-3-16(17)18-10-15(25-22-18)11-21-19(24)7-8-23-12-13-5-6-14(23)9-13/h1-4,10,13-14H,5-9,11-12H2,(H,21,24)/t13-,14+/m0/s1. The van der Waals surface area contributed by atoms with Gasteiger partial charge in [0.25, 0.3) is 0 Å². The maximum Gasteiger partial charge on any atom is 0.221 e. The van der Waals surface area contributed by atoms with E-state index in [0.29, 0.717) is 35.5 Å². The topological polar surface area (TPSA) is 58.4 Å². The smallest absolute Gasteiger partial charge is 0.221 e. The third kappa shape index (κ3) is 3.72. The molecule has 2 bridgehead atoms. The maximum absolute atomic E-state index is 12.1. The highest BCUT2D eigenvalue weighted by atomic mass is 35.5. The number of nitrogens with zero attached hydrogens (tertiary/aromatic N) is 2. The van der Waals surface area contributed by atoms with Crippen molar-refractivity contribution in [1.29, 1.82) is 0 Å². The average Bonchev–Trinajstić information content (AvgIpc) is 3.35. The Kier molecular flexibility index (Phi) is 4.77. The molecule has 5 nitrogen and oxygen atoms in total. The van der Waals surface area contributed by atoms with Crippen molar-refractivity contribution in [1.82, 2.24) is 15.4 Å². The van der Waals surface area contributed by atoms with E-state index in [1.54, 1.807) is 0 Å². The van der Waals surface area contributed by atoms with Crippen LogP contribution in [0.2, 0.25) is 5.02 Å². The van der Waals surface area contributed by atoms with Crippen molar-refractivity contribution in [3.05, 3.63) is 41.1 Å². The molecule has 2 heterocycles. The second-order valence-corrected chi connectivity index (χ2v) is 7.42. The van der Waals surface area contributed by atoms with E-state index in [2.05, 4.69) is 15.4 Å². The molecule has 1 aliphatic heterocycles. The average molecular weight is 360 g/mol. The minimum atomic E-state index is 0.0541. The fourth-order valence-electron chi connectivity index (χ4n) is 4.01. The largest absolute Gasteiger partial charge is 0.359 e. The van der Waals surface area contributed by atoms with Gasteiger partial charge in [0.1, 0.15) is 5.69 Å². The number of fused-ring (bicyclic) bond motifs is 2. The number of likely N-dealkylation sites (tertiary alicyclic amines) is 1. The summed E-state index contributed by atoms with van der Waals surface area (Å²) in [6, 6.07) is 10.0. The monoisotopic (exact) mass is 359 g/mol. The summed E-state index contributed by atoms with van der Waals surface area (Å²) in [6.07, 6.45) is 4.53. The molecule has 1 N–H and O–H groups in total. The molecule has 0 spiro atoms. The van der Waals surface area contributed by atoms with Crippen molar-refractivity contribution >= 4 is 17.5 Å². The van der Waals surface area contributed by atoms with Crippen molar-refractivity contribution in [3.63, 3.8) is 0 Å². The lowest BCUT2D eigenvalue weighted by Crippen LogP contribution is -2.35. The fraction of sp³-hybridized carbons (Fsp3) is 0.474. The van der Waals surface area contributed by atoms with Crippen LogP contribution in [0.25, 0.3) is 11.3 Å². The van der Waals surface area contributed by atoms with Crippen LogP contribution in [0.3, 0.4) is 0 Å². The number of benzene rings is 1. The van der Waals surface area contributed by atoms with Crippen molar-refractivity contribution in [2.45, 2.75) is 38.3 Å². The van der Waals surface area contributed by atoms with Crippen molar-refractivity contribution in [3.8, 4) is 11.3 Å². The van der Waals surface area contributed by atoms with E-state index in [4.69, 9.17) is 16.1 Å². The van der Waals surface area contributed by atoms with Crippen molar-refractivity contribution in [2.75, 3.05) is 13.1 Å². The molecular weight excluding hydrogens is 338 g/mol. The minimum Gasteiger partial charge on any atom is -0.359 e. The molecule has 2 atom stereocenters. The van der Waals surface area contributed by atoms with E-state index >= 15 is 0 Å². The van der Waals surface area contributed by atoms with Crippen LogP contribution >= 0.6 is 11.6 Å². The van der Waals surface area contributed by atoms with Crippen LogP contribution in [0, 0.1) is 5.92 Å². The molecule has 1 saturated carbocycles. The number of piperidine rings is 1. The summed E-state index contributed by atoms with van der Waals surface area (Å²) >= 11 is 6.17. The second kappa shape index (κ2) is 7.18. The quantitative estimate of drug-likeness (QED) is 0.857. The van der Waals surface area contributed by atoms with Crippen LogP contribution in [0.15, 0.2) is 34.9 Å². The number of aromatic nitrogens is 1. The van der Waals surface area contributed by atoms with E-state index in [9.17, 15) is 4.79 Å². The lowest BCUT2D eigenvalue weighted by Gasteiger charge is -2.26. The zero-order valence-electron chi connectivity index (χ0n) is 14.1. The van der Waals surface area contributed by atoms with E-state index in [1.807, 2.05) is 30.3 Å². The van der Waals surface area contributed by atoms with Gasteiger partial charge in [0, 0.05) is 37.2 Å². The lowest BCUT2D eigenvalue weighted by molar-refractivity contribution is -0.121. The first-order chi connectivity index (χ1) is 12.2. The normalized spacial score (nSPS) is 22.4. The van der Waals surface area contributed by atoms with Gasteiger partial charge in [-0.15, -0.1) is 0 Å². The number of hydrogen-bond acceptors (Lipinski definition) is 4. The summed E-state index contributed by atoms with van der Waals surface area (Å²) in [5, 5.41) is 7.59. The Morgan fingerprint density at radius 2 is 2.24 bits per heavy atom.